The summed E-state index contributed by atoms with van der Waals surface area (Å²) in [4.78, 5) is 26.8. The number of hydrogen-bond acceptors (Lipinski definition) is 5. The number of nitrogens with one attached hydrogen (secondary N) is 2. The number of unbranched alkanes of at least 4 members (excludes halogenated alkanes) is 1. The summed E-state index contributed by atoms with van der Waals surface area (Å²) in [6, 6.07) is -0.840. The molecule has 130 valence electrons. The van der Waals surface area contributed by atoms with Crippen LogP contribution in [0, 0.1) is 5.41 Å². The van der Waals surface area contributed by atoms with Crippen molar-refractivity contribution in [3.05, 3.63) is 11.6 Å². The average molecular weight is 343 g/mol. The Hall–Kier alpha value is -1.67. The topological polar surface area (TPSA) is 112 Å². The van der Waals surface area contributed by atoms with Gasteiger partial charge in [0.15, 0.2) is 11.2 Å². The fraction of sp³-hybridized carbons (Fsp3) is 0.667. The summed E-state index contributed by atoms with van der Waals surface area (Å²) < 4.78 is 0. The van der Waals surface area contributed by atoms with E-state index >= 15 is 0 Å². The minimum Gasteiger partial charge on any atom is -0.465 e. The van der Waals surface area contributed by atoms with Crippen LogP contribution in [0.3, 0.4) is 0 Å². The first kappa shape index (κ1) is 19.4. The molecule has 1 unspecified atom stereocenters. The first-order valence-corrected chi connectivity index (χ1v) is 8.45. The molecule has 0 aliphatic heterocycles. The van der Waals surface area contributed by atoms with Gasteiger partial charge in [-0.25, -0.2) is 9.78 Å². The standard InChI is InChI=1S/C15H25N3O4S/c1-15(2,3)7-5-4-6-10(17-14(21)22)11(19)12(20)18-13-16-8-9-23-13/h8-11,17,19H,4-7H2,1-3H3,(H,21,22)(H,16,18,20)/t10?,11-/m0/s1. The van der Waals surface area contributed by atoms with Gasteiger partial charge in [0.05, 0.1) is 6.04 Å². The molecule has 0 aliphatic carbocycles. The Morgan fingerprint density at radius 1 is 1.35 bits per heavy atom. The lowest BCUT2D eigenvalue weighted by atomic mass is 9.89. The summed E-state index contributed by atoms with van der Waals surface area (Å²) in [5.41, 5.74) is 0.205. The van der Waals surface area contributed by atoms with Crippen molar-refractivity contribution in [2.75, 3.05) is 5.32 Å². The van der Waals surface area contributed by atoms with E-state index in [0.29, 0.717) is 11.6 Å². The van der Waals surface area contributed by atoms with Crippen LogP contribution in [0.1, 0.15) is 46.5 Å². The predicted octanol–water partition coefficient (Wildman–Crippen LogP) is 2.69. The number of aliphatic hydroxyl groups excluding tert-OH is 1. The molecule has 8 heteroatoms. The van der Waals surface area contributed by atoms with Gasteiger partial charge in [-0.1, -0.05) is 33.6 Å². The summed E-state index contributed by atoms with van der Waals surface area (Å²) in [6.07, 6.45) is 1.85. The molecule has 0 bridgehead atoms. The van der Waals surface area contributed by atoms with E-state index in [4.69, 9.17) is 5.11 Å². The van der Waals surface area contributed by atoms with Crippen molar-refractivity contribution in [2.45, 2.75) is 58.6 Å². The van der Waals surface area contributed by atoms with Crippen LogP contribution in [0.5, 0.6) is 0 Å². The maximum Gasteiger partial charge on any atom is 0.404 e. The van der Waals surface area contributed by atoms with Crippen LogP contribution in [0.2, 0.25) is 0 Å². The van der Waals surface area contributed by atoms with Gasteiger partial charge in [-0.2, -0.15) is 0 Å². The number of amides is 2. The second-order valence-corrected chi connectivity index (χ2v) is 7.53. The Balaban J connectivity index is 2.54. The lowest BCUT2D eigenvalue weighted by Gasteiger charge is -2.23. The molecule has 1 rings (SSSR count). The van der Waals surface area contributed by atoms with Crippen molar-refractivity contribution >= 4 is 28.5 Å². The van der Waals surface area contributed by atoms with Gasteiger partial charge in [0.2, 0.25) is 0 Å². The maximum atomic E-state index is 12.0. The van der Waals surface area contributed by atoms with Crippen LogP contribution >= 0.6 is 11.3 Å². The van der Waals surface area contributed by atoms with Gasteiger partial charge < -0.3 is 15.5 Å². The molecule has 2 atom stereocenters. The third-order valence-electron chi connectivity index (χ3n) is 3.31. The van der Waals surface area contributed by atoms with E-state index < -0.39 is 24.1 Å². The van der Waals surface area contributed by atoms with E-state index in [2.05, 4.69) is 36.4 Å². The smallest absolute Gasteiger partial charge is 0.404 e. The number of aliphatic hydroxyl groups is 1. The van der Waals surface area contributed by atoms with Crippen molar-refractivity contribution in [1.29, 1.82) is 0 Å². The van der Waals surface area contributed by atoms with E-state index in [0.717, 1.165) is 19.3 Å². The fourth-order valence-corrected chi connectivity index (χ4v) is 2.67. The minimum absolute atomic E-state index is 0.205. The molecule has 0 aromatic carbocycles. The van der Waals surface area contributed by atoms with E-state index in [9.17, 15) is 14.7 Å². The SMILES string of the molecule is CC(C)(C)CCCCC(NC(=O)O)[C@H](O)C(=O)Nc1nccs1. The normalized spacial score (nSPS) is 14.1. The highest BCUT2D eigenvalue weighted by Gasteiger charge is 2.28. The number of thiazole rings is 1. The average Bonchev–Trinajstić information content (AvgIpc) is 2.92. The Bertz CT molecular complexity index is 499. The number of anilines is 1. The Kier molecular flexibility index (Phi) is 7.44. The van der Waals surface area contributed by atoms with Gasteiger partial charge in [0, 0.05) is 11.6 Å². The van der Waals surface area contributed by atoms with Gasteiger partial charge in [-0.3, -0.25) is 10.1 Å². The van der Waals surface area contributed by atoms with E-state index in [1.165, 1.54) is 17.5 Å². The number of carboxylic acid groups (broad SMARTS) is 1. The lowest BCUT2D eigenvalue weighted by molar-refractivity contribution is -0.125. The highest BCUT2D eigenvalue weighted by molar-refractivity contribution is 7.13. The minimum atomic E-state index is -1.45. The van der Waals surface area contributed by atoms with E-state index in [1.54, 1.807) is 5.38 Å². The molecule has 0 saturated carbocycles. The Morgan fingerprint density at radius 3 is 2.57 bits per heavy atom. The largest absolute Gasteiger partial charge is 0.465 e. The number of carbonyl (C=O) groups excluding carboxylic acids is 1. The highest BCUT2D eigenvalue weighted by Crippen LogP contribution is 2.22. The zero-order valence-electron chi connectivity index (χ0n) is 13.7. The van der Waals surface area contributed by atoms with Gasteiger partial charge in [0.1, 0.15) is 0 Å². The molecule has 0 fully saturated rings. The van der Waals surface area contributed by atoms with Crippen LogP contribution in [-0.4, -0.2) is 39.3 Å². The molecule has 4 N–H and O–H groups in total. The predicted molar refractivity (Wildman–Crippen MR) is 89.6 cm³/mol. The van der Waals surface area contributed by atoms with Gasteiger partial charge in [0.25, 0.3) is 5.91 Å². The number of carbonyl (C=O) groups is 2. The zero-order valence-corrected chi connectivity index (χ0v) is 14.5. The first-order chi connectivity index (χ1) is 10.7. The van der Waals surface area contributed by atoms with Gasteiger partial charge in [-0.15, -0.1) is 11.3 Å². The summed E-state index contributed by atoms with van der Waals surface area (Å²) in [5.74, 6) is -0.658. The number of hydrogen-bond donors (Lipinski definition) is 4. The number of rotatable bonds is 8. The van der Waals surface area contributed by atoms with E-state index in [-0.39, 0.29) is 5.41 Å². The molecule has 1 aromatic rings. The Labute approximate surface area is 140 Å². The van der Waals surface area contributed by atoms with Gasteiger partial charge >= 0.3 is 6.09 Å². The van der Waals surface area contributed by atoms with Crippen LogP contribution in [0.25, 0.3) is 0 Å². The molecule has 0 spiro atoms. The molecule has 23 heavy (non-hydrogen) atoms. The molecule has 0 aliphatic rings. The third kappa shape index (κ3) is 7.94. The summed E-state index contributed by atoms with van der Waals surface area (Å²) in [6.45, 7) is 6.41. The molecule has 0 saturated heterocycles. The second-order valence-electron chi connectivity index (χ2n) is 6.63. The maximum absolute atomic E-state index is 12.0. The summed E-state index contributed by atoms with van der Waals surface area (Å²) in [5, 5.41) is 25.8. The van der Waals surface area contributed by atoms with Crippen molar-refractivity contribution in [3.8, 4) is 0 Å². The van der Waals surface area contributed by atoms with Crippen LogP contribution < -0.4 is 10.6 Å². The molecule has 1 aromatic heterocycles. The monoisotopic (exact) mass is 343 g/mol. The zero-order chi connectivity index (χ0) is 17.5. The van der Waals surface area contributed by atoms with Crippen molar-refractivity contribution in [3.63, 3.8) is 0 Å². The quantitative estimate of drug-likeness (QED) is 0.542. The van der Waals surface area contributed by atoms with Gasteiger partial charge in [-0.05, 0) is 18.3 Å². The first-order valence-electron chi connectivity index (χ1n) is 7.57. The fourth-order valence-electron chi connectivity index (χ4n) is 2.13. The van der Waals surface area contributed by atoms with Crippen LogP contribution in [0.15, 0.2) is 11.6 Å². The van der Waals surface area contributed by atoms with E-state index in [1.807, 2.05) is 0 Å². The second kappa shape index (κ2) is 8.83. The highest BCUT2D eigenvalue weighted by atomic mass is 32.1. The van der Waals surface area contributed by atoms with Crippen molar-refractivity contribution in [2.24, 2.45) is 5.41 Å². The van der Waals surface area contributed by atoms with Crippen LogP contribution in [-0.2, 0) is 4.79 Å². The summed E-state index contributed by atoms with van der Waals surface area (Å²) in [7, 11) is 0. The lowest BCUT2D eigenvalue weighted by Crippen LogP contribution is -2.48. The Morgan fingerprint density at radius 2 is 2.04 bits per heavy atom. The molecule has 2 amide bonds. The number of aromatic nitrogens is 1. The number of nitrogens with zero attached hydrogens (tertiary/aromatic N) is 1. The molecule has 7 nitrogen and oxygen atoms in total. The molecular formula is C15H25N3O4S. The van der Waals surface area contributed by atoms with Crippen molar-refractivity contribution in [1.82, 2.24) is 10.3 Å². The van der Waals surface area contributed by atoms with Crippen molar-refractivity contribution < 1.29 is 19.8 Å². The summed E-state index contributed by atoms with van der Waals surface area (Å²) >= 11 is 1.23. The van der Waals surface area contributed by atoms with Crippen LogP contribution in [0.4, 0.5) is 9.93 Å². The molecule has 1 heterocycles. The molecular weight excluding hydrogens is 318 g/mol. The molecule has 0 radical (unpaired) electrons. The third-order valence-corrected chi connectivity index (χ3v) is 4.00.